The van der Waals surface area contributed by atoms with E-state index >= 15 is 0 Å². The van der Waals surface area contributed by atoms with E-state index in [4.69, 9.17) is 16.0 Å². The smallest absolute Gasteiger partial charge is 0.348 e. The highest BCUT2D eigenvalue weighted by Gasteiger charge is 2.17. The van der Waals surface area contributed by atoms with E-state index in [1.807, 2.05) is 12.1 Å². The molecule has 124 valence electrons. The second-order valence-corrected chi connectivity index (χ2v) is 6.06. The van der Waals surface area contributed by atoms with Gasteiger partial charge in [-0.05, 0) is 55.8 Å². The van der Waals surface area contributed by atoms with Crippen LogP contribution in [0.25, 0.3) is 21.7 Å². The molecule has 4 nitrogen and oxygen atoms in total. The number of anilines is 1. The van der Waals surface area contributed by atoms with Crippen LogP contribution in [0.4, 0.5) is 5.69 Å². The number of carbonyl (C=O) groups is 1. The number of ketones is 1. The van der Waals surface area contributed by atoms with Crippen LogP contribution < -0.4 is 10.5 Å². The predicted molar refractivity (Wildman–Crippen MR) is 98.6 cm³/mol. The summed E-state index contributed by atoms with van der Waals surface area (Å²) in [4.78, 5) is 25.9. The lowest BCUT2D eigenvalue weighted by Crippen LogP contribution is -2.21. The predicted octanol–water partition coefficient (Wildman–Crippen LogP) is 4.65. The van der Waals surface area contributed by atoms with Gasteiger partial charge >= 0.3 is 5.63 Å². The molecule has 0 atom stereocenters. The fraction of sp³-hybridized carbons (Fsp3) is 0.263. The molecule has 1 heterocycles. The van der Waals surface area contributed by atoms with Gasteiger partial charge in [-0.3, -0.25) is 4.79 Å². The van der Waals surface area contributed by atoms with Gasteiger partial charge in [0.25, 0.3) is 0 Å². The van der Waals surface area contributed by atoms with Crippen molar-refractivity contribution in [1.82, 2.24) is 0 Å². The molecule has 3 rings (SSSR count). The molecule has 1 aromatic heterocycles. The molecule has 2 aromatic carbocycles. The van der Waals surface area contributed by atoms with Crippen molar-refractivity contribution in [1.29, 1.82) is 0 Å². The Labute approximate surface area is 144 Å². The molecule has 0 aliphatic heterocycles. The number of Topliss-reactive ketones (excluding diaryl/α,β-unsaturated/α-hetero) is 1. The van der Waals surface area contributed by atoms with E-state index in [0.29, 0.717) is 11.0 Å². The Kier molecular flexibility index (Phi) is 4.33. The van der Waals surface area contributed by atoms with Gasteiger partial charge in [-0.1, -0.05) is 17.7 Å². The number of rotatable bonds is 4. The third kappa shape index (κ3) is 2.67. The normalized spacial score (nSPS) is 11.2. The van der Waals surface area contributed by atoms with Crippen LogP contribution in [0.2, 0.25) is 5.02 Å². The molecule has 0 radical (unpaired) electrons. The van der Waals surface area contributed by atoms with Crippen LogP contribution in [0.3, 0.4) is 0 Å². The fourth-order valence-electron chi connectivity index (χ4n) is 2.98. The zero-order valence-corrected chi connectivity index (χ0v) is 14.6. The summed E-state index contributed by atoms with van der Waals surface area (Å²) >= 11 is 6.28. The number of hydrogen-bond acceptors (Lipinski definition) is 4. The van der Waals surface area contributed by atoms with E-state index in [1.165, 1.54) is 6.92 Å². The molecule has 0 aliphatic rings. The summed E-state index contributed by atoms with van der Waals surface area (Å²) in [6.45, 7) is 7.35. The van der Waals surface area contributed by atoms with Crippen molar-refractivity contribution < 1.29 is 9.21 Å². The molecule has 5 heteroatoms. The van der Waals surface area contributed by atoms with E-state index in [0.717, 1.165) is 29.5 Å². The first kappa shape index (κ1) is 16.5. The maximum Gasteiger partial charge on any atom is 0.348 e. The zero-order chi connectivity index (χ0) is 17.4. The summed E-state index contributed by atoms with van der Waals surface area (Å²) in [5, 5.41) is 2.67. The maximum absolute atomic E-state index is 12.0. The van der Waals surface area contributed by atoms with Crippen molar-refractivity contribution in [2.24, 2.45) is 0 Å². The van der Waals surface area contributed by atoms with Crippen molar-refractivity contribution in [3.8, 4) is 0 Å². The Balaban J connectivity index is 2.29. The molecule has 0 spiro atoms. The van der Waals surface area contributed by atoms with Crippen LogP contribution in [0.5, 0.6) is 0 Å². The molecule has 0 amide bonds. The minimum absolute atomic E-state index is 0.0942. The lowest BCUT2D eigenvalue weighted by Gasteiger charge is -2.21. The third-order valence-electron chi connectivity index (χ3n) is 4.27. The Morgan fingerprint density at radius 3 is 2.46 bits per heavy atom. The Morgan fingerprint density at radius 1 is 1.12 bits per heavy atom. The SMILES string of the molecule is CCN(CC)c1ccc2cc3c(Cl)c(C(C)=O)c(=O)oc3cc2c1. The van der Waals surface area contributed by atoms with Crippen molar-refractivity contribution in [2.75, 3.05) is 18.0 Å². The third-order valence-corrected chi connectivity index (χ3v) is 4.66. The van der Waals surface area contributed by atoms with Gasteiger partial charge in [-0.2, -0.15) is 0 Å². The topological polar surface area (TPSA) is 50.5 Å². The average Bonchev–Trinajstić information content (AvgIpc) is 2.54. The van der Waals surface area contributed by atoms with Gasteiger partial charge < -0.3 is 9.32 Å². The van der Waals surface area contributed by atoms with Gasteiger partial charge in [-0.25, -0.2) is 4.79 Å². The minimum Gasteiger partial charge on any atom is -0.422 e. The molecule has 0 bridgehead atoms. The highest BCUT2D eigenvalue weighted by atomic mass is 35.5. The lowest BCUT2D eigenvalue weighted by molar-refractivity contribution is 0.101. The molecule has 24 heavy (non-hydrogen) atoms. The van der Waals surface area contributed by atoms with Crippen LogP contribution in [-0.2, 0) is 0 Å². The summed E-state index contributed by atoms with van der Waals surface area (Å²) in [6, 6.07) is 9.79. The second-order valence-electron chi connectivity index (χ2n) is 5.69. The first-order chi connectivity index (χ1) is 11.5. The van der Waals surface area contributed by atoms with Crippen LogP contribution in [0.15, 0.2) is 39.5 Å². The van der Waals surface area contributed by atoms with Gasteiger partial charge in [0.1, 0.15) is 11.1 Å². The van der Waals surface area contributed by atoms with Crippen LogP contribution >= 0.6 is 11.6 Å². The Hall–Kier alpha value is -2.33. The molecule has 0 unspecified atom stereocenters. The molecule has 0 aliphatic carbocycles. The lowest BCUT2D eigenvalue weighted by atomic mass is 10.0. The number of carbonyl (C=O) groups excluding carboxylic acids is 1. The summed E-state index contributed by atoms with van der Waals surface area (Å²) in [7, 11) is 0. The van der Waals surface area contributed by atoms with Crippen molar-refractivity contribution in [3.05, 3.63) is 51.3 Å². The van der Waals surface area contributed by atoms with Crippen molar-refractivity contribution in [3.63, 3.8) is 0 Å². The fourth-order valence-corrected chi connectivity index (χ4v) is 3.34. The van der Waals surface area contributed by atoms with E-state index in [1.54, 1.807) is 6.07 Å². The number of fused-ring (bicyclic) bond motifs is 2. The van der Waals surface area contributed by atoms with Gasteiger partial charge in [0.05, 0.1) is 5.02 Å². The van der Waals surface area contributed by atoms with Crippen LogP contribution in [-0.4, -0.2) is 18.9 Å². The first-order valence-electron chi connectivity index (χ1n) is 7.92. The zero-order valence-electron chi connectivity index (χ0n) is 13.9. The van der Waals surface area contributed by atoms with Gasteiger partial charge in [0.15, 0.2) is 5.78 Å². The highest BCUT2D eigenvalue weighted by molar-refractivity contribution is 6.38. The number of hydrogen-bond donors (Lipinski definition) is 0. The largest absolute Gasteiger partial charge is 0.422 e. The van der Waals surface area contributed by atoms with Gasteiger partial charge in [0, 0.05) is 24.2 Å². The van der Waals surface area contributed by atoms with Crippen LogP contribution in [0.1, 0.15) is 31.1 Å². The van der Waals surface area contributed by atoms with Gasteiger partial charge in [-0.15, -0.1) is 0 Å². The molecule has 0 N–H and O–H groups in total. The Bertz CT molecular complexity index is 1000. The Morgan fingerprint density at radius 2 is 1.83 bits per heavy atom. The quantitative estimate of drug-likeness (QED) is 0.393. The first-order valence-corrected chi connectivity index (χ1v) is 8.30. The number of nitrogens with zero attached hydrogens (tertiary/aromatic N) is 1. The molecular weight excluding hydrogens is 326 g/mol. The van der Waals surface area contributed by atoms with Crippen molar-refractivity contribution >= 4 is 44.8 Å². The molecule has 0 saturated heterocycles. The number of halogens is 1. The molecule has 0 saturated carbocycles. The summed E-state index contributed by atoms with van der Waals surface area (Å²) in [5.74, 6) is -0.396. The van der Waals surface area contributed by atoms with E-state index in [9.17, 15) is 9.59 Å². The standard InChI is InChI=1S/C19H18ClNO3/c1-4-21(5-2)14-7-6-12-9-15-16(10-13(12)8-14)24-19(23)17(11(3)22)18(15)20/h6-10H,4-5H2,1-3H3. The van der Waals surface area contributed by atoms with E-state index in [2.05, 4.69) is 30.9 Å². The molecule has 0 fully saturated rings. The summed E-state index contributed by atoms with van der Waals surface area (Å²) in [5.41, 5.74) is 0.711. The number of benzene rings is 2. The molecule has 3 aromatic rings. The van der Waals surface area contributed by atoms with Gasteiger partial charge in [0.2, 0.25) is 0 Å². The van der Waals surface area contributed by atoms with E-state index < -0.39 is 11.4 Å². The van der Waals surface area contributed by atoms with Crippen molar-refractivity contribution in [2.45, 2.75) is 20.8 Å². The monoisotopic (exact) mass is 343 g/mol. The maximum atomic E-state index is 12.0. The highest BCUT2D eigenvalue weighted by Crippen LogP contribution is 2.31. The second kappa shape index (κ2) is 6.29. The van der Waals surface area contributed by atoms with E-state index in [-0.39, 0.29) is 10.6 Å². The molecular formula is C19H18ClNO3. The summed E-state index contributed by atoms with van der Waals surface area (Å²) in [6.07, 6.45) is 0. The average molecular weight is 344 g/mol. The summed E-state index contributed by atoms with van der Waals surface area (Å²) < 4.78 is 5.32. The van der Waals surface area contributed by atoms with Crippen LogP contribution in [0, 0.1) is 0 Å². The minimum atomic E-state index is -0.695.